The lowest BCUT2D eigenvalue weighted by atomic mass is 9.92. The maximum absolute atomic E-state index is 11.6. The fourth-order valence-corrected chi connectivity index (χ4v) is 2.35. The minimum absolute atomic E-state index is 0.104. The van der Waals surface area contributed by atoms with Gasteiger partial charge in [0, 0.05) is 25.6 Å². The number of carbonyl (C=O) groups is 1. The van der Waals surface area contributed by atoms with Crippen LogP contribution < -0.4 is 10.6 Å². The lowest BCUT2D eigenvalue weighted by Gasteiger charge is -2.17. The quantitative estimate of drug-likeness (QED) is 0.684. The normalized spacial score (nSPS) is 35.2. The van der Waals surface area contributed by atoms with Gasteiger partial charge in [-0.15, -0.1) is 0 Å². The molecule has 3 nitrogen and oxygen atoms in total. The number of carbonyl (C=O) groups excluding carboxylic acids is 1. The van der Waals surface area contributed by atoms with Crippen molar-refractivity contribution in [3.05, 3.63) is 0 Å². The van der Waals surface area contributed by atoms with Gasteiger partial charge in [-0.05, 0) is 17.3 Å². The van der Waals surface area contributed by atoms with Crippen LogP contribution in [0, 0.1) is 17.3 Å². The van der Waals surface area contributed by atoms with Crippen LogP contribution in [0.4, 0.5) is 0 Å². The highest BCUT2D eigenvalue weighted by molar-refractivity contribution is 5.77. The molecule has 1 saturated heterocycles. The molecule has 1 aliphatic heterocycles. The van der Waals surface area contributed by atoms with E-state index >= 15 is 0 Å². The van der Waals surface area contributed by atoms with E-state index in [1.54, 1.807) is 0 Å². The van der Waals surface area contributed by atoms with Crippen molar-refractivity contribution in [2.75, 3.05) is 13.1 Å². The molecule has 0 bridgehead atoms. The lowest BCUT2D eigenvalue weighted by molar-refractivity contribution is -0.123. The van der Waals surface area contributed by atoms with Crippen LogP contribution in [0.5, 0.6) is 0 Å². The number of piperidine rings is 1. The molecular formula is C11H20N2O. The monoisotopic (exact) mass is 196 g/mol. The minimum atomic E-state index is 0.104. The van der Waals surface area contributed by atoms with E-state index in [1.165, 1.54) is 0 Å². The molecule has 0 aromatic heterocycles. The largest absolute Gasteiger partial charge is 0.353 e. The summed E-state index contributed by atoms with van der Waals surface area (Å²) >= 11 is 0. The molecule has 80 valence electrons. The van der Waals surface area contributed by atoms with Crippen LogP contribution in [-0.2, 0) is 4.79 Å². The second-order valence-electron chi connectivity index (χ2n) is 5.82. The van der Waals surface area contributed by atoms with Crippen molar-refractivity contribution < 1.29 is 4.79 Å². The van der Waals surface area contributed by atoms with Crippen LogP contribution in [0.2, 0.25) is 0 Å². The average molecular weight is 196 g/mol. The molecule has 0 aromatic carbocycles. The van der Waals surface area contributed by atoms with Crippen molar-refractivity contribution in [1.29, 1.82) is 0 Å². The standard InChI is InChI=1S/C11H20N2O/c1-11(2,3)4-9(14)13-10-7-5-12-6-8(7)10/h7-8,10,12H,4-6H2,1-3H3,(H,13,14)/t7-,8+,10?. The molecule has 0 aromatic rings. The number of hydrogen-bond donors (Lipinski definition) is 2. The SMILES string of the molecule is CC(C)(C)CC(=O)NC1[C@H]2CNC[C@@H]12. The zero-order chi connectivity index (χ0) is 10.3. The first kappa shape index (κ1) is 9.97. The second kappa shape index (κ2) is 3.23. The summed E-state index contributed by atoms with van der Waals surface area (Å²) in [5.41, 5.74) is 0.104. The summed E-state index contributed by atoms with van der Waals surface area (Å²) in [6.07, 6.45) is 0.635. The van der Waals surface area contributed by atoms with Gasteiger partial charge in [-0.3, -0.25) is 4.79 Å². The zero-order valence-corrected chi connectivity index (χ0v) is 9.26. The molecule has 2 aliphatic rings. The fourth-order valence-electron chi connectivity index (χ4n) is 2.35. The topological polar surface area (TPSA) is 41.1 Å². The van der Waals surface area contributed by atoms with Gasteiger partial charge in [-0.2, -0.15) is 0 Å². The Bertz CT molecular complexity index is 234. The first-order chi connectivity index (χ1) is 6.47. The summed E-state index contributed by atoms with van der Waals surface area (Å²) in [6, 6.07) is 0.478. The number of fused-ring (bicyclic) bond motifs is 1. The molecule has 14 heavy (non-hydrogen) atoms. The highest BCUT2D eigenvalue weighted by atomic mass is 16.1. The van der Waals surface area contributed by atoms with Gasteiger partial charge in [0.15, 0.2) is 0 Å². The van der Waals surface area contributed by atoms with Crippen LogP contribution >= 0.6 is 0 Å². The van der Waals surface area contributed by atoms with Crippen molar-refractivity contribution >= 4 is 5.91 Å². The maximum Gasteiger partial charge on any atom is 0.220 e. The third-order valence-electron chi connectivity index (χ3n) is 3.11. The Morgan fingerprint density at radius 3 is 2.43 bits per heavy atom. The predicted molar refractivity (Wildman–Crippen MR) is 55.9 cm³/mol. The summed E-state index contributed by atoms with van der Waals surface area (Å²) in [5.74, 6) is 1.66. The summed E-state index contributed by atoms with van der Waals surface area (Å²) in [5, 5.41) is 6.46. The van der Waals surface area contributed by atoms with Crippen molar-refractivity contribution in [2.45, 2.75) is 33.2 Å². The van der Waals surface area contributed by atoms with E-state index < -0.39 is 0 Å². The molecule has 1 heterocycles. The first-order valence-electron chi connectivity index (χ1n) is 5.47. The third kappa shape index (κ3) is 2.08. The Morgan fingerprint density at radius 1 is 1.36 bits per heavy atom. The molecule has 2 rings (SSSR count). The molecule has 0 spiro atoms. The molecule has 3 atom stereocenters. The molecule has 1 saturated carbocycles. The lowest BCUT2D eigenvalue weighted by Crippen LogP contribution is -2.34. The molecule has 2 fully saturated rings. The Kier molecular flexibility index (Phi) is 2.30. The molecule has 1 unspecified atom stereocenters. The molecule has 1 amide bonds. The van der Waals surface area contributed by atoms with Crippen LogP contribution in [0.3, 0.4) is 0 Å². The third-order valence-corrected chi connectivity index (χ3v) is 3.11. The zero-order valence-electron chi connectivity index (χ0n) is 9.26. The van der Waals surface area contributed by atoms with Gasteiger partial charge in [-0.25, -0.2) is 0 Å². The van der Waals surface area contributed by atoms with Gasteiger partial charge >= 0.3 is 0 Å². The van der Waals surface area contributed by atoms with Crippen LogP contribution in [-0.4, -0.2) is 25.0 Å². The van der Waals surface area contributed by atoms with Crippen molar-refractivity contribution in [2.24, 2.45) is 17.3 Å². The van der Waals surface area contributed by atoms with Crippen molar-refractivity contribution in [3.63, 3.8) is 0 Å². The first-order valence-corrected chi connectivity index (χ1v) is 5.47. The van der Waals surface area contributed by atoms with E-state index in [1.807, 2.05) is 0 Å². The number of rotatable bonds is 2. The van der Waals surface area contributed by atoms with Gasteiger partial charge < -0.3 is 10.6 Å². The van der Waals surface area contributed by atoms with Crippen LogP contribution in [0.15, 0.2) is 0 Å². The number of amides is 1. The second-order valence-corrected chi connectivity index (χ2v) is 5.82. The maximum atomic E-state index is 11.6. The average Bonchev–Trinajstić information content (AvgIpc) is 2.50. The number of nitrogens with one attached hydrogen (secondary N) is 2. The van der Waals surface area contributed by atoms with Crippen molar-refractivity contribution in [3.8, 4) is 0 Å². The molecule has 1 aliphatic carbocycles. The van der Waals surface area contributed by atoms with Gasteiger partial charge in [-0.1, -0.05) is 20.8 Å². The van der Waals surface area contributed by atoms with Crippen LogP contribution in [0.25, 0.3) is 0 Å². The van der Waals surface area contributed by atoms with Crippen molar-refractivity contribution in [1.82, 2.24) is 10.6 Å². The van der Waals surface area contributed by atoms with Gasteiger partial charge in [0.2, 0.25) is 5.91 Å². The molecule has 3 heteroatoms. The number of hydrogen-bond acceptors (Lipinski definition) is 2. The highest BCUT2D eigenvalue weighted by Gasteiger charge is 2.53. The molecule has 2 N–H and O–H groups in total. The Hall–Kier alpha value is -0.570. The van der Waals surface area contributed by atoms with Gasteiger partial charge in [0.1, 0.15) is 0 Å². The minimum Gasteiger partial charge on any atom is -0.353 e. The van der Waals surface area contributed by atoms with E-state index in [0.29, 0.717) is 12.5 Å². The van der Waals surface area contributed by atoms with E-state index in [4.69, 9.17) is 0 Å². The molecule has 0 radical (unpaired) electrons. The summed E-state index contributed by atoms with van der Waals surface area (Å²) < 4.78 is 0. The van der Waals surface area contributed by atoms with E-state index in [-0.39, 0.29) is 11.3 Å². The fraction of sp³-hybridized carbons (Fsp3) is 0.909. The van der Waals surface area contributed by atoms with Gasteiger partial charge in [0.25, 0.3) is 0 Å². The summed E-state index contributed by atoms with van der Waals surface area (Å²) in [6.45, 7) is 8.47. The summed E-state index contributed by atoms with van der Waals surface area (Å²) in [7, 11) is 0. The van der Waals surface area contributed by atoms with Crippen LogP contribution in [0.1, 0.15) is 27.2 Å². The van der Waals surface area contributed by atoms with Gasteiger partial charge in [0.05, 0.1) is 0 Å². The predicted octanol–water partition coefficient (Wildman–Crippen LogP) is 0.757. The summed E-state index contributed by atoms with van der Waals surface area (Å²) in [4.78, 5) is 11.6. The smallest absolute Gasteiger partial charge is 0.220 e. The molecular weight excluding hydrogens is 176 g/mol. The highest BCUT2D eigenvalue weighted by Crippen LogP contribution is 2.41. The van der Waals surface area contributed by atoms with E-state index in [9.17, 15) is 4.79 Å². The Morgan fingerprint density at radius 2 is 1.93 bits per heavy atom. The van der Waals surface area contributed by atoms with E-state index in [0.717, 1.165) is 24.9 Å². The van der Waals surface area contributed by atoms with E-state index in [2.05, 4.69) is 31.4 Å². The Balaban J connectivity index is 1.74. The Labute approximate surface area is 85.6 Å².